The third kappa shape index (κ3) is 4.16. The number of carboxylic acid groups (broad SMARTS) is 1. The predicted octanol–water partition coefficient (Wildman–Crippen LogP) is 1.49. The van der Waals surface area contributed by atoms with Gasteiger partial charge in [0, 0.05) is 7.11 Å². The second-order valence-electron chi connectivity index (χ2n) is 3.48. The zero-order valence-corrected chi connectivity index (χ0v) is 10.1. The molecule has 17 heavy (non-hydrogen) atoms. The lowest BCUT2D eigenvalue weighted by atomic mass is 10.2. The summed E-state index contributed by atoms with van der Waals surface area (Å²) < 4.78 is 15.2. The number of aromatic nitrogens is 1. The van der Waals surface area contributed by atoms with E-state index in [1.807, 2.05) is 6.92 Å². The minimum absolute atomic E-state index is 0.0859. The van der Waals surface area contributed by atoms with Gasteiger partial charge in [-0.2, -0.15) is 0 Å². The van der Waals surface area contributed by atoms with Gasteiger partial charge in [0.15, 0.2) is 0 Å². The number of ether oxygens (including phenoxy) is 2. The van der Waals surface area contributed by atoms with Gasteiger partial charge in [-0.05, 0) is 6.42 Å². The van der Waals surface area contributed by atoms with E-state index >= 15 is 0 Å². The van der Waals surface area contributed by atoms with Crippen molar-refractivity contribution in [3.05, 3.63) is 17.3 Å². The first-order valence-corrected chi connectivity index (χ1v) is 5.47. The van der Waals surface area contributed by atoms with E-state index < -0.39 is 5.97 Å². The Kier molecular flexibility index (Phi) is 5.65. The average Bonchev–Trinajstić information content (AvgIpc) is 2.68. The molecule has 0 fully saturated rings. The maximum atomic E-state index is 10.9. The Labute approximate surface area is 99.5 Å². The molecule has 0 aliphatic carbocycles. The van der Waals surface area contributed by atoms with Gasteiger partial charge >= 0.3 is 5.97 Å². The standard InChI is InChI=1S/C11H17NO5/c1-3-4-8-10(11(13)14)17-9(12-8)7-16-6-5-15-2/h3-7H2,1-2H3,(H,13,14). The van der Waals surface area contributed by atoms with Crippen molar-refractivity contribution in [3.8, 4) is 0 Å². The summed E-state index contributed by atoms with van der Waals surface area (Å²) in [6, 6.07) is 0. The highest BCUT2D eigenvalue weighted by Crippen LogP contribution is 2.14. The lowest BCUT2D eigenvalue weighted by Gasteiger charge is -1.98. The number of aryl methyl sites for hydroxylation is 1. The molecule has 0 aromatic carbocycles. The summed E-state index contributed by atoms with van der Waals surface area (Å²) in [7, 11) is 1.58. The molecule has 0 saturated carbocycles. The van der Waals surface area contributed by atoms with Crippen molar-refractivity contribution in [3.63, 3.8) is 0 Å². The fraction of sp³-hybridized carbons (Fsp3) is 0.636. The Morgan fingerprint density at radius 3 is 2.82 bits per heavy atom. The largest absolute Gasteiger partial charge is 0.475 e. The van der Waals surface area contributed by atoms with Crippen LogP contribution in [0.3, 0.4) is 0 Å². The van der Waals surface area contributed by atoms with Crippen LogP contribution in [-0.2, 0) is 22.5 Å². The van der Waals surface area contributed by atoms with E-state index in [1.54, 1.807) is 7.11 Å². The SMILES string of the molecule is CCCc1nc(COCCOC)oc1C(=O)O. The number of nitrogens with zero attached hydrogens (tertiary/aromatic N) is 1. The monoisotopic (exact) mass is 243 g/mol. The molecule has 0 aliphatic heterocycles. The molecule has 0 saturated heterocycles. The number of rotatable bonds is 8. The van der Waals surface area contributed by atoms with E-state index in [9.17, 15) is 4.79 Å². The van der Waals surface area contributed by atoms with Crippen LogP contribution in [0.4, 0.5) is 0 Å². The van der Waals surface area contributed by atoms with Crippen LogP contribution < -0.4 is 0 Å². The fourth-order valence-electron chi connectivity index (χ4n) is 1.34. The molecule has 1 rings (SSSR count). The average molecular weight is 243 g/mol. The van der Waals surface area contributed by atoms with Crippen LogP contribution in [-0.4, -0.2) is 36.4 Å². The molecule has 0 atom stereocenters. The first-order valence-electron chi connectivity index (χ1n) is 5.47. The van der Waals surface area contributed by atoms with Gasteiger partial charge in [-0.25, -0.2) is 9.78 Å². The van der Waals surface area contributed by atoms with Crippen molar-refractivity contribution in [1.82, 2.24) is 4.98 Å². The van der Waals surface area contributed by atoms with Gasteiger partial charge in [0.05, 0.1) is 18.9 Å². The molecule has 0 spiro atoms. The second-order valence-corrected chi connectivity index (χ2v) is 3.48. The first kappa shape index (κ1) is 13.7. The minimum Gasteiger partial charge on any atom is -0.475 e. The van der Waals surface area contributed by atoms with Crippen molar-refractivity contribution in [2.75, 3.05) is 20.3 Å². The summed E-state index contributed by atoms with van der Waals surface area (Å²) >= 11 is 0. The number of aromatic carboxylic acids is 1. The summed E-state index contributed by atoms with van der Waals surface area (Å²) in [5.74, 6) is -0.886. The molecule has 0 bridgehead atoms. The fourth-order valence-corrected chi connectivity index (χ4v) is 1.34. The predicted molar refractivity (Wildman–Crippen MR) is 59.0 cm³/mol. The summed E-state index contributed by atoms with van der Waals surface area (Å²) in [5, 5.41) is 8.92. The number of methoxy groups -OCH3 is 1. The summed E-state index contributed by atoms with van der Waals surface area (Å²) in [4.78, 5) is 15.0. The number of hydrogen-bond donors (Lipinski definition) is 1. The van der Waals surface area contributed by atoms with Crippen LogP contribution in [0.5, 0.6) is 0 Å². The van der Waals surface area contributed by atoms with E-state index in [2.05, 4.69) is 4.98 Å². The Morgan fingerprint density at radius 2 is 2.24 bits per heavy atom. The van der Waals surface area contributed by atoms with Gasteiger partial charge in [-0.15, -0.1) is 0 Å². The molecule has 1 heterocycles. The molecule has 1 N–H and O–H groups in total. The number of hydrogen-bond acceptors (Lipinski definition) is 5. The van der Waals surface area contributed by atoms with E-state index in [4.69, 9.17) is 19.0 Å². The van der Waals surface area contributed by atoms with Gasteiger partial charge in [-0.3, -0.25) is 0 Å². The van der Waals surface area contributed by atoms with Crippen LogP contribution >= 0.6 is 0 Å². The highest BCUT2D eigenvalue weighted by atomic mass is 16.5. The van der Waals surface area contributed by atoms with Crippen LogP contribution in [0.15, 0.2) is 4.42 Å². The van der Waals surface area contributed by atoms with Crippen molar-refractivity contribution in [2.24, 2.45) is 0 Å². The Balaban J connectivity index is 2.61. The van der Waals surface area contributed by atoms with Crippen molar-refractivity contribution < 1.29 is 23.8 Å². The zero-order chi connectivity index (χ0) is 12.7. The minimum atomic E-state index is -1.09. The first-order chi connectivity index (χ1) is 8.19. The van der Waals surface area contributed by atoms with Crippen molar-refractivity contribution >= 4 is 5.97 Å². The second kappa shape index (κ2) is 7.03. The third-order valence-electron chi connectivity index (χ3n) is 2.08. The molecular formula is C11H17NO5. The summed E-state index contributed by atoms with van der Waals surface area (Å²) in [6.07, 6.45) is 1.40. The molecule has 0 amide bonds. The smallest absolute Gasteiger partial charge is 0.373 e. The molecule has 1 aromatic heterocycles. The number of carboxylic acids is 1. The maximum Gasteiger partial charge on any atom is 0.373 e. The van der Waals surface area contributed by atoms with E-state index in [-0.39, 0.29) is 12.4 Å². The van der Waals surface area contributed by atoms with Crippen LogP contribution in [0, 0.1) is 0 Å². The third-order valence-corrected chi connectivity index (χ3v) is 2.08. The van der Waals surface area contributed by atoms with E-state index in [0.29, 0.717) is 31.2 Å². The Morgan fingerprint density at radius 1 is 1.47 bits per heavy atom. The molecule has 0 unspecified atom stereocenters. The quantitative estimate of drug-likeness (QED) is 0.696. The summed E-state index contributed by atoms with van der Waals surface area (Å²) in [5.41, 5.74) is 0.477. The lowest BCUT2D eigenvalue weighted by molar-refractivity contribution is 0.0494. The van der Waals surface area contributed by atoms with Crippen LogP contribution in [0.2, 0.25) is 0 Å². The van der Waals surface area contributed by atoms with Crippen LogP contribution in [0.25, 0.3) is 0 Å². The highest BCUT2D eigenvalue weighted by molar-refractivity contribution is 5.85. The number of oxazole rings is 1. The van der Waals surface area contributed by atoms with E-state index in [0.717, 1.165) is 6.42 Å². The number of carbonyl (C=O) groups is 1. The highest BCUT2D eigenvalue weighted by Gasteiger charge is 2.18. The van der Waals surface area contributed by atoms with Gasteiger partial charge in [0.2, 0.25) is 11.7 Å². The van der Waals surface area contributed by atoms with Gasteiger partial charge in [0.1, 0.15) is 6.61 Å². The molecule has 1 aromatic rings. The summed E-state index contributed by atoms with van der Waals surface area (Å²) in [6.45, 7) is 3.02. The molecule has 0 aliphatic rings. The van der Waals surface area contributed by atoms with Crippen molar-refractivity contribution in [2.45, 2.75) is 26.4 Å². The molecule has 96 valence electrons. The zero-order valence-electron chi connectivity index (χ0n) is 10.1. The maximum absolute atomic E-state index is 10.9. The van der Waals surface area contributed by atoms with E-state index in [1.165, 1.54) is 0 Å². The van der Waals surface area contributed by atoms with Gasteiger partial charge in [0.25, 0.3) is 0 Å². The van der Waals surface area contributed by atoms with Gasteiger partial charge < -0.3 is 19.0 Å². The Bertz CT molecular complexity index is 361. The normalized spacial score (nSPS) is 10.7. The lowest BCUT2D eigenvalue weighted by Crippen LogP contribution is -2.02. The molecule has 6 nitrogen and oxygen atoms in total. The Hall–Kier alpha value is -1.40. The molecule has 0 radical (unpaired) electrons. The molecular weight excluding hydrogens is 226 g/mol. The van der Waals surface area contributed by atoms with Crippen LogP contribution in [0.1, 0.15) is 35.5 Å². The molecule has 6 heteroatoms. The van der Waals surface area contributed by atoms with Crippen molar-refractivity contribution in [1.29, 1.82) is 0 Å². The van der Waals surface area contributed by atoms with Gasteiger partial charge in [-0.1, -0.05) is 13.3 Å². The topological polar surface area (TPSA) is 81.8 Å².